The Morgan fingerprint density at radius 1 is 0.297 bits per heavy atom. The molecule has 0 amide bonds. The number of nitrogens with zero attached hydrogens (tertiary/aromatic N) is 1. The van der Waals surface area contributed by atoms with Gasteiger partial charge in [0.1, 0.15) is 20.2 Å². The van der Waals surface area contributed by atoms with Crippen LogP contribution in [0, 0.1) is 0 Å². The molecule has 0 fully saturated rings. The van der Waals surface area contributed by atoms with Crippen molar-refractivity contribution in [1.82, 2.24) is 4.90 Å². The van der Waals surface area contributed by atoms with E-state index in [0.717, 1.165) is 19.3 Å². The Hall–Kier alpha value is -0.520. The maximum absolute atomic E-state index is 8.65. The molecule has 0 aliphatic heterocycles. The molecule has 0 rings (SSSR count). The molecule has 0 bridgehead atoms. The van der Waals surface area contributed by atoms with Crippen molar-refractivity contribution in [2.75, 3.05) is 139 Å². The summed E-state index contributed by atoms with van der Waals surface area (Å²) < 4.78 is 49.0. The Morgan fingerprint density at radius 2 is 0.541 bits per heavy atom. The normalized spacial score (nSPS) is 11.7. The number of ether oxygens (including phenoxy) is 9. The van der Waals surface area contributed by atoms with Crippen LogP contribution in [0.25, 0.3) is 0 Å². The van der Waals surface area contributed by atoms with Crippen molar-refractivity contribution in [2.45, 2.75) is 19.3 Å². The third-order valence-corrected chi connectivity index (χ3v) is 4.38. The molecule has 0 unspecified atom stereocenters. The molecular weight excluding hydrogens is 494 g/mol. The van der Waals surface area contributed by atoms with Gasteiger partial charge in [0.25, 0.3) is 0 Å². The van der Waals surface area contributed by atoms with Gasteiger partial charge in [0.2, 0.25) is 0 Å². The highest BCUT2D eigenvalue weighted by Crippen LogP contribution is 1.97. The van der Waals surface area contributed by atoms with Gasteiger partial charge in [-0.25, -0.2) is 4.90 Å². The fourth-order valence-electron chi connectivity index (χ4n) is 2.64. The first-order chi connectivity index (χ1) is 18.3. The number of aliphatic hydroxyl groups is 3. The summed E-state index contributed by atoms with van der Waals surface area (Å²) in [5, 5.41) is 25.9. The Kier molecular flexibility index (Phi) is 33.0. The molecule has 0 aromatic heterocycles. The van der Waals surface area contributed by atoms with E-state index in [0.29, 0.717) is 119 Å². The van der Waals surface area contributed by atoms with E-state index in [-0.39, 0.29) is 19.8 Å². The molecule has 13 nitrogen and oxygen atoms in total. The second kappa shape index (κ2) is 33.5. The van der Waals surface area contributed by atoms with Crippen molar-refractivity contribution < 1.29 is 58.0 Å². The molecule has 0 radical (unpaired) electrons. The zero-order valence-corrected chi connectivity index (χ0v) is 22.4. The van der Waals surface area contributed by atoms with Crippen molar-refractivity contribution in [3.05, 3.63) is 0 Å². The second-order valence-electron chi connectivity index (χ2n) is 7.69. The van der Waals surface area contributed by atoms with Gasteiger partial charge in [0.05, 0.1) is 99.1 Å². The molecule has 0 aliphatic carbocycles. The van der Waals surface area contributed by atoms with Crippen molar-refractivity contribution in [1.29, 1.82) is 0 Å². The van der Waals surface area contributed by atoms with E-state index in [4.69, 9.17) is 58.0 Å². The van der Waals surface area contributed by atoms with E-state index in [2.05, 4.69) is 0 Å². The minimum atomic E-state index is 0.0163. The average molecular weight is 546 g/mol. The SMILES string of the molecule is OCCOCCOCCCOCN(COCCCOCCOCCO)COCCCOCCOCCO. The summed E-state index contributed by atoms with van der Waals surface area (Å²) in [5.41, 5.74) is 0. The minimum Gasteiger partial charge on any atom is -0.394 e. The van der Waals surface area contributed by atoms with Crippen LogP contribution in [-0.4, -0.2) is 159 Å². The smallest absolute Gasteiger partial charge is 0.103 e. The molecule has 0 aromatic rings. The summed E-state index contributed by atoms with van der Waals surface area (Å²) >= 11 is 0. The van der Waals surface area contributed by atoms with Crippen molar-refractivity contribution >= 4 is 0 Å². The third kappa shape index (κ3) is 31.6. The summed E-state index contributed by atoms with van der Waals surface area (Å²) in [4.78, 5) is 1.93. The molecule has 13 heteroatoms. The van der Waals surface area contributed by atoms with Gasteiger partial charge in [-0.15, -0.1) is 0 Å². The summed E-state index contributed by atoms with van der Waals surface area (Å²) in [5.74, 6) is 0. The quantitative estimate of drug-likeness (QED) is 0.0717. The Labute approximate surface area is 221 Å². The van der Waals surface area contributed by atoms with Crippen LogP contribution in [0.2, 0.25) is 0 Å². The van der Waals surface area contributed by atoms with Crippen LogP contribution < -0.4 is 0 Å². The molecule has 224 valence electrons. The lowest BCUT2D eigenvalue weighted by Crippen LogP contribution is -2.32. The molecule has 3 N–H and O–H groups in total. The third-order valence-electron chi connectivity index (χ3n) is 4.38. The highest BCUT2D eigenvalue weighted by molar-refractivity contribution is 4.44. The molecular formula is C24H51NO12. The molecule has 0 saturated carbocycles. The van der Waals surface area contributed by atoms with Gasteiger partial charge in [-0.2, -0.15) is 0 Å². The molecule has 0 atom stereocenters. The minimum absolute atomic E-state index is 0.0163. The largest absolute Gasteiger partial charge is 0.394 e. The molecule has 0 aromatic carbocycles. The van der Waals surface area contributed by atoms with Crippen LogP contribution in [0.3, 0.4) is 0 Å². The Morgan fingerprint density at radius 3 is 0.811 bits per heavy atom. The highest BCUT2D eigenvalue weighted by Gasteiger charge is 2.06. The summed E-state index contributed by atoms with van der Waals surface area (Å²) in [7, 11) is 0. The van der Waals surface area contributed by atoms with Gasteiger partial charge in [0.15, 0.2) is 0 Å². The van der Waals surface area contributed by atoms with Gasteiger partial charge < -0.3 is 58.0 Å². The first-order valence-corrected chi connectivity index (χ1v) is 13.1. The zero-order valence-electron chi connectivity index (χ0n) is 22.4. The Balaban J connectivity index is 3.87. The second-order valence-corrected chi connectivity index (χ2v) is 7.69. The van der Waals surface area contributed by atoms with Crippen LogP contribution in [-0.2, 0) is 42.6 Å². The van der Waals surface area contributed by atoms with E-state index in [9.17, 15) is 0 Å². The van der Waals surface area contributed by atoms with Gasteiger partial charge in [-0.05, 0) is 19.3 Å². The first kappa shape index (κ1) is 36.5. The van der Waals surface area contributed by atoms with Crippen LogP contribution in [0.4, 0.5) is 0 Å². The number of rotatable bonds is 33. The van der Waals surface area contributed by atoms with Crippen molar-refractivity contribution in [3.63, 3.8) is 0 Å². The lowest BCUT2D eigenvalue weighted by molar-refractivity contribution is -0.103. The number of hydrogen-bond donors (Lipinski definition) is 3. The average Bonchev–Trinajstić information content (AvgIpc) is 2.91. The molecule has 0 aliphatic rings. The molecule has 0 saturated heterocycles. The zero-order chi connectivity index (χ0) is 26.9. The van der Waals surface area contributed by atoms with E-state index < -0.39 is 0 Å². The monoisotopic (exact) mass is 545 g/mol. The van der Waals surface area contributed by atoms with E-state index >= 15 is 0 Å². The summed E-state index contributed by atoms with van der Waals surface area (Å²) in [6.07, 6.45) is 2.27. The van der Waals surface area contributed by atoms with Crippen LogP contribution >= 0.6 is 0 Å². The maximum atomic E-state index is 8.65. The molecule has 0 heterocycles. The van der Waals surface area contributed by atoms with Gasteiger partial charge in [-0.1, -0.05) is 0 Å². The van der Waals surface area contributed by atoms with Crippen LogP contribution in [0.5, 0.6) is 0 Å². The molecule has 0 spiro atoms. The van der Waals surface area contributed by atoms with Crippen LogP contribution in [0.15, 0.2) is 0 Å². The summed E-state index contributed by atoms with van der Waals surface area (Å²) in [6.45, 7) is 8.39. The number of hydrogen-bond acceptors (Lipinski definition) is 13. The van der Waals surface area contributed by atoms with Crippen molar-refractivity contribution in [3.8, 4) is 0 Å². The van der Waals surface area contributed by atoms with Gasteiger partial charge in [-0.3, -0.25) is 0 Å². The Bertz CT molecular complexity index is 355. The maximum Gasteiger partial charge on any atom is 0.103 e. The fraction of sp³-hybridized carbons (Fsp3) is 1.00. The van der Waals surface area contributed by atoms with Crippen molar-refractivity contribution in [2.24, 2.45) is 0 Å². The van der Waals surface area contributed by atoms with E-state index in [1.54, 1.807) is 0 Å². The highest BCUT2D eigenvalue weighted by atomic mass is 16.6. The summed E-state index contributed by atoms with van der Waals surface area (Å²) in [6, 6.07) is 0. The topological polar surface area (TPSA) is 147 Å². The fourth-order valence-corrected chi connectivity index (χ4v) is 2.64. The lowest BCUT2D eigenvalue weighted by atomic mass is 10.5. The first-order valence-electron chi connectivity index (χ1n) is 13.1. The predicted molar refractivity (Wildman–Crippen MR) is 134 cm³/mol. The number of aliphatic hydroxyl groups excluding tert-OH is 3. The standard InChI is InChI=1S/C24H51NO12/c26-4-13-32-19-16-29-7-1-10-35-22-25(23-36-11-2-8-30-17-20-33-14-5-27)24-37-12-3-9-31-18-21-34-15-6-28/h26-28H,1-24H2. The van der Waals surface area contributed by atoms with E-state index in [1.165, 1.54) is 0 Å². The lowest BCUT2D eigenvalue weighted by Gasteiger charge is -2.22. The van der Waals surface area contributed by atoms with Gasteiger partial charge >= 0.3 is 0 Å². The van der Waals surface area contributed by atoms with Gasteiger partial charge in [0, 0.05) is 19.8 Å². The molecule has 37 heavy (non-hydrogen) atoms. The predicted octanol–water partition coefficient (Wildman–Crippen LogP) is -0.542. The van der Waals surface area contributed by atoms with Crippen LogP contribution in [0.1, 0.15) is 19.3 Å². The van der Waals surface area contributed by atoms with E-state index in [1.807, 2.05) is 4.90 Å².